The van der Waals surface area contributed by atoms with Crippen LogP contribution in [0.5, 0.6) is 23.0 Å². The van der Waals surface area contributed by atoms with Crippen molar-refractivity contribution in [1.82, 2.24) is 0 Å². The lowest BCUT2D eigenvalue weighted by molar-refractivity contribution is 0.0714. The van der Waals surface area contributed by atoms with E-state index in [1.165, 1.54) is 19.2 Å². The number of phenolic OH excluding ortho intramolecular Hbond substituents is 3. The summed E-state index contributed by atoms with van der Waals surface area (Å²) in [7, 11) is 1.48. The highest BCUT2D eigenvalue weighted by atomic mass is 16.5. The molecule has 2 atom stereocenters. The predicted octanol–water partition coefficient (Wildman–Crippen LogP) is 2.49. The minimum Gasteiger partial charge on any atom is -0.504 e. The fourth-order valence-corrected chi connectivity index (χ4v) is 2.82. The molecule has 0 bridgehead atoms. The van der Waals surface area contributed by atoms with E-state index in [2.05, 4.69) is 0 Å². The first-order valence-corrected chi connectivity index (χ1v) is 8.62. The standard InChI is InChI=1S/C20H26O6/c1-26-20-11-14(5-9-18(20)24)3-7-16(22)12-15(21)6-2-13-4-8-17(23)19(25)10-13/h4-5,8-11,15-16,21-25H,2-3,6-7,12H2,1H3/t15-,16+/m0/s1. The zero-order valence-corrected chi connectivity index (χ0v) is 14.8. The zero-order chi connectivity index (χ0) is 19.1. The largest absolute Gasteiger partial charge is 0.504 e. The molecule has 142 valence electrons. The van der Waals surface area contributed by atoms with Gasteiger partial charge in [0, 0.05) is 0 Å². The molecule has 6 nitrogen and oxygen atoms in total. The third kappa shape index (κ3) is 5.82. The van der Waals surface area contributed by atoms with E-state index in [0.717, 1.165) is 11.1 Å². The summed E-state index contributed by atoms with van der Waals surface area (Å²) in [5.74, 6) is 0.124. The predicted molar refractivity (Wildman–Crippen MR) is 97.7 cm³/mol. The zero-order valence-electron chi connectivity index (χ0n) is 14.8. The van der Waals surface area contributed by atoms with E-state index < -0.39 is 12.2 Å². The quantitative estimate of drug-likeness (QED) is 0.438. The van der Waals surface area contributed by atoms with Gasteiger partial charge in [0.2, 0.25) is 0 Å². The Hall–Kier alpha value is -2.44. The Bertz CT molecular complexity index is 715. The lowest BCUT2D eigenvalue weighted by Crippen LogP contribution is -2.19. The molecule has 2 rings (SSSR count). The number of aliphatic hydroxyl groups is 2. The first-order chi connectivity index (χ1) is 12.4. The Morgan fingerprint density at radius 2 is 1.31 bits per heavy atom. The van der Waals surface area contributed by atoms with Gasteiger partial charge in [0.05, 0.1) is 19.3 Å². The van der Waals surface area contributed by atoms with Gasteiger partial charge < -0.3 is 30.3 Å². The average Bonchev–Trinajstić information content (AvgIpc) is 2.62. The maximum atomic E-state index is 10.1. The van der Waals surface area contributed by atoms with Gasteiger partial charge in [0.25, 0.3) is 0 Å². The highest BCUT2D eigenvalue weighted by molar-refractivity contribution is 5.42. The van der Waals surface area contributed by atoms with Crippen molar-refractivity contribution in [3.8, 4) is 23.0 Å². The van der Waals surface area contributed by atoms with Gasteiger partial charge in [-0.1, -0.05) is 12.1 Å². The second kappa shape index (κ2) is 9.31. The van der Waals surface area contributed by atoms with Crippen LogP contribution in [0.2, 0.25) is 0 Å². The van der Waals surface area contributed by atoms with Gasteiger partial charge in [0.15, 0.2) is 23.0 Å². The summed E-state index contributed by atoms with van der Waals surface area (Å²) < 4.78 is 5.06. The van der Waals surface area contributed by atoms with E-state index in [9.17, 15) is 25.5 Å². The van der Waals surface area contributed by atoms with Gasteiger partial charge in [-0.15, -0.1) is 0 Å². The molecule has 2 aromatic rings. The third-order valence-corrected chi connectivity index (χ3v) is 4.36. The molecule has 0 aromatic heterocycles. The van der Waals surface area contributed by atoms with Crippen molar-refractivity contribution < 1.29 is 30.3 Å². The molecule has 0 aliphatic carbocycles. The molecular formula is C20H26O6. The lowest BCUT2D eigenvalue weighted by atomic mass is 9.99. The van der Waals surface area contributed by atoms with Crippen molar-refractivity contribution in [3.63, 3.8) is 0 Å². The molecule has 2 aromatic carbocycles. The number of ether oxygens (including phenoxy) is 1. The molecule has 0 aliphatic rings. The van der Waals surface area contributed by atoms with Crippen molar-refractivity contribution in [2.75, 3.05) is 7.11 Å². The lowest BCUT2D eigenvalue weighted by Gasteiger charge is -2.16. The van der Waals surface area contributed by atoms with Crippen LogP contribution in [-0.2, 0) is 12.8 Å². The summed E-state index contributed by atoms with van der Waals surface area (Å²) in [6, 6.07) is 9.64. The maximum Gasteiger partial charge on any atom is 0.160 e. The van der Waals surface area contributed by atoms with Crippen LogP contribution in [0, 0.1) is 0 Å². The minimum absolute atomic E-state index is 0.0764. The average molecular weight is 362 g/mol. The molecule has 0 amide bonds. The smallest absolute Gasteiger partial charge is 0.160 e. The summed E-state index contributed by atoms with van der Waals surface area (Å²) in [6.07, 6.45) is 1.06. The molecule has 0 aliphatic heterocycles. The topological polar surface area (TPSA) is 110 Å². The van der Waals surface area contributed by atoms with Crippen LogP contribution in [-0.4, -0.2) is 44.9 Å². The number of rotatable bonds is 9. The monoisotopic (exact) mass is 362 g/mol. The fraction of sp³-hybridized carbons (Fsp3) is 0.400. The summed E-state index contributed by atoms with van der Waals surface area (Å²) in [4.78, 5) is 0. The van der Waals surface area contributed by atoms with Crippen LogP contribution in [0.1, 0.15) is 30.4 Å². The SMILES string of the molecule is COc1cc(CC[C@@H](O)C[C@@H](O)CCc2ccc(O)c(O)c2)ccc1O. The first kappa shape index (κ1) is 19.9. The summed E-state index contributed by atoms with van der Waals surface area (Å²) in [6.45, 7) is 0. The van der Waals surface area contributed by atoms with Crippen molar-refractivity contribution in [2.24, 2.45) is 0 Å². The van der Waals surface area contributed by atoms with Gasteiger partial charge in [0.1, 0.15) is 0 Å². The van der Waals surface area contributed by atoms with Crippen LogP contribution in [0.15, 0.2) is 36.4 Å². The molecule has 0 unspecified atom stereocenters. The highest BCUT2D eigenvalue weighted by Crippen LogP contribution is 2.27. The van der Waals surface area contributed by atoms with E-state index in [1.807, 2.05) is 0 Å². The van der Waals surface area contributed by atoms with Crippen LogP contribution in [0.4, 0.5) is 0 Å². The molecular weight excluding hydrogens is 336 g/mol. The van der Waals surface area contributed by atoms with E-state index in [-0.39, 0.29) is 23.7 Å². The van der Waals surface area contributed by atoms with Crippen LogP contribution < -0.4 is 4.74 Å². The van der Waals surface area contributed by atoms with Crippen molar-refractivity contribution in [3.05, 3.63) is 47.5 Å². The number of aliphatic hydroxyl groups excluding tert-OH is 2. The van der Waals surface area contributed by atoms with Gasteiger partial charge in [-0.3, -0.25) is 0 Å². The first-order valence-electron chi connectivity index (χ1n) is 8.62. The molecule has 6 heteroatoms. The number of aromatic hydroxyl groups is 3. The molecule has 0 radical (unpaired) electrons. The van der Waals surface area contributed by atoms with Crippen LogP contribution >= 0.6 is 0 Å². The third-order valence-electron chi connectivity index (χ3n) is 4.36. The Labute approximate surface area is 152 Å². The Balaban J connectivity index is 1.76. The molecule has 0 spiro atoms. The van der Waals surface area contributed by atoms with Crippen molar-refractivity contribution in [2.45, 2.75) is 44.3 Å². The maximum absolute atomic E-state index is 10.1. The van der Waals surface area contributed by atoms with Crippen molar-refractivity contribution >= 4 is 0 Å². The Morgan fingerprint density at radius 1 is 0.769 bits per heavy atom. The van der Waals surface area contributed by atoms with Crippen molar-refractivity contribution in [1.29, 1.82) is 0 Å². The summed E-state index contributed by atoms with van der Waals surface area (Å²) >= 11 is 0. The number of aryl methyl sites for hydroxylation is 2. The Kier molecular flexibility index (Phi) is 7.12. The van der Waals surface area contributed by atoms with E-state index in [4.69, 9.17) is 4.74 Å². The molecule has 0 fully saturated rings. The minimum atomic E-state index is -0.657. The number of phenols is 3. The van der Waals surface area contributed by atoms with E-state index in [1.54, 1.807) is 24.3 Å². The molecule has 0 heterocycles. The molecule has 5 N–H and O–H groups in total. The second-order valence-electron chi connectivity index (χ2n) is 6.45. The van der Waals surface area contributed by atoms with Gasteiger partial charge >= 0.3 is 0 Å². The Morgan fingerprint density at radius 3 is 1.85 bits per heavy atom. The van der Waals surface area contributed by atoms with Gasteiger partial charge in [-0.05, 0) is 67.5 Å². The summed E-state index contributed by atoms with van der Waals surface area (Å²) in [5, 5.41) is 48.6. The van der Waals surface area contributed by atoms with E-state index in [0.29, 0.717) is 31.4 Å². The van der Waals surface area contributed by atoms with Crippen LogP contribution in [0.3, 0.4) is 0 Å². The number of hydrogen-bond acceptors (Lipinski definition) is 6. The number of hydrogen-bond donors (Lipinski definition) is 5. The fourth-order valence-electron chi connectivity index (χ4n) is 2.82. The van der Waals surface area contributed by atoms with E-state index >= 15 is 0 Å². The van der Waals surface area contributed by atoms with Gasteiger partial charge in [-0.2, -0.15) is 0 Å². The number of methoxy groups -OCH3 is 1. The molecule has 0 saturated carbocycles. The van der Waals surface area contributed by atoms with Gasteiger partial charge in [-0.25, -0.2) is 0 Å². The second-order valence-corrected chi connectivity index (χ2v) is 6.45. The van der Waals surface area contributed by atoms with Crippen LogP contribution in [0.25, 0.3) is 0 Å². The summed E-state index contributed by atoms with van der Waals surface area (Å²) in [5.41, 5.74) is 1.75. The highest BCUT2D eigenvalue weighted by Gasteiger charge is 2.13. The normalized spacial score (nSPS) is 13.3. The number of benzene rings is 2. The molecule has 0 saturated heterocycles. The molecule has 26 heavy (non-hydrogen) atoms.